The number of carbonyl (C=O) groups excluding carboxylic acids is 1. The van der Waals surface area contributed by atoms with Gasteiger partial charge in [0, 0.05) is 38.1 Å². The van der Waals surface area contributed by atoms with E-state index in [9.17, 15) is 18.0 Å². The summed E-state index contributed by atoms with van der Waals surface area (Å²) in [6, 6.07) is 12.1. The number of halogens is 3. The highest BCUT2D eigenvalue weighted by Crippen LogP contribution is 2.24. The van der Waals surface area contributed by atoms with Crippen LogP contribution in [0.5, 0.6) is 5.75 Å². The molecular formula is C22H22F3N7O2. The Morgan fingerprint density at radius 1 is 0.971 bits per heavy atom. The fraction of sp³-hybridized carbons (Fsp3) is 0.273. The number of rotatable bonds is 5. The molecule has 178 valence electrons. The van der Waals surface area contributed by atoms with Crippen LogP contribution in [-0.4, -0.2) is 58.7 Å². The van der Waals surface area contributed by atoms with Crippen LogP contribution in [0.3, 0.4) is 0 Å². The number of nitrogens with one attached hydrogen (secondary N) is 2. The third-order valence-electron chi connectivity index (χ3n) is 5.05. The van der Waals surface area contributed by atoms with Crippen LogP contribution in [0.25, 0.3) is 0 Å². The van der Waals surface area contributed by atoms with E-state index >= 15 is 0 Å². The van der Waals surface area contributed by atoms with E-state index in [0.717, 1.165) is 17.7 Å². The third-order valence-corrected chi connectivity index (χ3v) is 5.05. The summed E-state index contributed by atoms with van der Waals surface area (Å²) in [6.07, 6.45) is -3.05. The zero-order chi connectivity index (χ0) is 24.1. The van der Waals surface area contributed by atoms with Crippen LogP contribution in [0, 0.1) is 6.92 Å². The summed E-state index contributed by atoms with van der Waals surface area (Å²) in [6.45, 7) is 4.01. The molecule has 1 aliphatic rings. The Hall–Kier alpha value is -4.09. The van der Waals surface area contributed by atoms with Crippen molar-refractivity contribution < 1.29 is 22.7 Å². The first-order valence-electron chi connectivity index (χ1n) is 10.5. The molecule has 0 unspecified atom stereocenters. The number of piperazine rings is 1. The number of amides is 2. The van der Waals surface area contributed by atoms with E-state index < -0.39 is 6.36 Å². The van der Waals surface area contributed by atoms with Gasteiger partial charge in [-0.3, -0.25) is 0 Å². The number of alkyl halides is 3. The van der Waals surface area contributed by atoms with Crippen LogP contribution < -0.4 is 20.3 Å². The molecule has 2 N–H and O–H groups in total. The molecule has 1 saturated heterocycles. The first-order valence-corrected chi connectivity index (χ1v) is 10.5. The minimum atomic E-state index is -4.76. The van der Waals surface area contributed by atoms with Gasteiger partial charge in [0.15, 0.2) is 11.6 Å². The first kappa shape index (κ1) is 23.1. The number of nitrogens with zero attached hydrogens (tertiary/aromatic N) is 5. The molecule has 4 rings (SSSR count). The van der Waals surface area contributed by atoms with Gasteiger partial charge in [-0.25, -0.2) is 9.78 Å². The number of anilines is 4. The van der Waals surface area contributed by atoms with Gasteiger partial charge < -0.3 is 25.2 Å². The lowest BCUT2D eigenvalue weighted by atomic mass is 10.3. The molecule has 3 heterocycles. The van der Waals surface area contributed by atoms with Gasteiger partial charge in [0.1, 0.15) is 11.6 Å². The molecule has 1 fully saturated rings. The highest BCUT2D eigenvalue weighted by atomic mass is 19.4. The van der Waals surface area contributed by atoms with Gasteiger partial charge in [0.2, 0.25) is 0 Å². The van der Waals surface area contributed by atoms with Crippen LogP contribution in [-0.2, 0) is 0 Å². The summed E-state index contributed by atoms with van der Waals surface area (Å²) in [5, 5.41) is 14.3. The number of benzene rings is 1. The molecule has 0 aliphatic carbocycles. The number of hydrogen-bond donors (Lipinski definition) is 2. The van der Waals surface area contributed by atoms with Crippen LogP contribution in [0.15, 0.2) is 54.7 Å². The number of pyridine rings is 1. The predicted octanol–water partition coefficient (Wildman–Crippen LogP) is 4.18. The van der Waals surface area contributed by atoms with E-state index in [1.807, 2.05) is 36.1 Å². The maximum Gasteiger partial charge on any atom is 0.573 e. The fourth-order valence-corrected chi connectivity index (χ4v) is 3.38. The Morgan fingerprint density at radius 2 is 1.71 bits per heavy atom. The second kappa shape index (κ2) is 9.81. The fourth-order valence-electron chi connectivity index (χ4n) is 3.38. The molecule has 1 aromatic carbocycles. The Bertz CT molecular complexity index is 1120. The number of ether oxygens (including phenoxy) is 1. The lowest BCUT2D eigenvalue weighted by Gasteiger charge is -2.35. The predicted molar refractivity (Wildman–Crippen MR) is 120 cm³/mol. The highest BCUT2D eigenvalue weighted by Gasteiger charge is 2.31. The second-order valence-corrected chi connectivity index (χ2v) is 7.60. The summed E-state index contributed by atoms with van der Waals surface area (Å²) in [4.78, 5) is 20.4. The average Bonchev–Trinajstić information content (AvgIpc) is 2.80. The van der Waals surface area contributed by atoms with Gasteiger partial charge in [-0.1, -0.05) is 0 Å². The van der Waals surface area contributed by atoms with E-state index in [-0.39, 0.29) is 11.8 Å². The van der Waals surface area contributed by atoms with E-state index in [0.29, 0.717) is 49.3 Å². The Morgan fingerprint density at radius 3 is 2.32 bits per heavy atom. The van der Waals surface area contributed by atoms with Gasteiger partial charge in [-0.05, 0) is 61.0 Å². The van der Waals surface area contributed by atoms with Crippen molar-refractivity contribution in [2.75, 3.05) is 41.7 Å². The standard InChI is InChI=1S/C22H22F3N7O2/c1-15-8-9-26-19(14-15)28-18-6-7-20(30-29-18)31-10-12-32(13-11-31)21(33)27-16-2-4-17(5-3-16)34-22(23,24)25/h2-9,14H,10-13H2,1H3,(H,27,33)(H,26,28,29). The Balaban J connectivity index is 1.27. The summed E-state index contributed by atoms with van der Waals surface area (Å²) in [5.41, 5.74) is 1.45. The van der Waals surface area contributed by atoms with Gasteiger partial charge in [0.05, 0.1) is 0 Å². The topological polar surface area (TPSA) is 95.5 Å². The summed E-state index contributed by atoms with van der Waals surface area (Å²) >= 11 is 0. The maximum absolute atomic E-state index is 12.5. The molecule has 12 heteroatoms. The largest absolute Gasteiger partial charge is 0.573 e. The van der Waals surface area contributed by atoms with E-state index in [1.165, 1.54) is 12.1 Å². The SMILES string of the molecule is Cc1ccnc(Nc2ccc(N3CCN(C(=O)Nc4ccc(OC(F)(F)F)cc4)CC3)nn2)c1. The zero-order valence-electron chi connectivity index (χ0n) is 18.2. The normalized spacial score (nSPS) is 14.0. The molecule has 0 saturated carbocycles. The first-order chi connectivity index (χ1) is 16.2. The monoisotopic (exact) mass is 473 g/mol. The summed E-state index contributed by atoms with van der Waals surface area (Å²) < 4.78 is 40.6. The Kier molecular flexibility index (Phi) is 6.66. The molecular weight excluding hydrogens is 451 g/mol. The van der Waals surface area contributed by atoms with Crippen molar-refractivity contribution >= 4 is 29.2 Å². The molecule has 3 aromatic rings. The van der Waals surface area contributed by atoms with Crippen molar-refractivity contribution in [2.24, 2.45) is 0 Å². The van der Waals surface area contributed by atoms with E-state index in [1.54, 1.807) is 11.1 Å². The molecule has 2 amide bonds. The lowest BCUT2D eigenvalue weighted by molar-refractivity contribution is -0.274. The van der Waals surface area contributed by atoms with Crippen LogP contribution in [0.4, 0.5) is 41.1 Å². The van der Waals surface area contributed by atoms with Gasteiger partial charge in [0.25, 0.3) is 0 Å². The molecule has 34 heavy (non-hydrogen) atoms. The van der Waals surface area contributed by atoms with Gasteiger partial charge >= 0.3 is 12.4 Å². The number of carbonyl (C=O) groups is 1. The molecule has 2 aromatic heterocycles. The molecule has 9 nitrogen and oxygen atoms in total. The minimum absolute atomic E-state index is 0.333. The van der Waals surface area contributed by atoms with Crippen molar-refractivity contribution in [2.45, 2.75) is 13.3 Å². The minimum Gasteiger partial charge on any atom is -0.406 e. The number of aromatic nitrogens is 3. The zero-order valence-corrected chi connectivity index (χ0v) is 18.2. The van der Waals surface area contributed by atoms with Gasteiger partial charge in [-0.2, -0.15) is 0 Å². The number of urea groups is 1. The van der Waals surface area contributed by atoms with Crippen molar-refractivity contribution in [3.8, 4) is 5.75 Å². The molecule has 0 spiro atoms. The number of aryl methyl sites for hydroxylation is 1. The molecule has 0 bridgehead atoms. The van der Waals surface area contributed by atoms with Crippen molar-refractivity contribution in [1.29, 1.82) is 0 Å². The van der Waals surface area contributed by atoms with Crippen LogP contribution in [0.1, 0.15) is 5.56 Å². The quantitative estimate of drug-likeness (QED) is 0.574. The van der Waals surface area contributed by atoms with Crippen LogP contribution >= 0.6 is 0 Å². The molecule has 0 atom stereocenters. The van der Waals surface area contributed by atoms with Crippen molar-refractivity contribution in [3.63, 3.8) is 0 Å². The van der Waals surface area contributed by atoms with E-state index in [2.05, 4.69) is 30.6 Å². The lowest BCUT2D eigenvalue weighted by Crippen LogP contribution is -2.50. The summed E-state index contributed by atoms with van der Waals surface area (Å²) in [5.74, 6) is 1.61. The molecule has 0 radical (unpaired) electrons. The van der Waals surface area contributed by atoms with Crippen molar-refractivity contribution in [3.05, 3.63) is 60.3 Å². The summed E-state index contributed by atoms with van der Waals surface area (Å²) in [7, 11) is 0. The number of hydrogen-bond acceptors (Lipinski definition) is 7. The van der Waals surface area contributed by atoms with E-state index in [4.69, 9.17) is 0 Å². The second-order valence-electron chi connectivity index (χ2n) is 7.60. The van der Waals surface area contributed by atoms with Gasteiger partial charge in [-0.15, -0.1) is 23.4 Å². The third kappa shape index (κ3) is 6.24. The van der Waals surface area contributed by atoms with Crippen molar-refractivity contribution in [1.82, 2.24) is 20.1 Å². The highest BCUT2D eigenvalue weighted by molar-refractivity contribution is 5.89. The Labute approximate surface area is 193 Å². The smallest absolute Gasteiger partial charge is 0.406 e. The molecule has 1 aliphatic heterocycles. The van der Waals surface area contributed by atoms with Crippen LogP contribution in [0.2, 0.25) is 0 Å². The average molecular weight is 473 g/mol. The maximum atomic E-state index is 12.5.